The second kappa shape index (κ2) is 11.5. The van der Waals surface area contributed by atoms with Crippen LogP contribution in [-0.2, 0) is 35.0 Å². The molecule has 2 unspecified atom stereocenters. The highest BCUT2D eigenvalue weighted by molar-refractivity contribution is 8.00. The number of thioether (sulfide) groups is 1. The maximum Gasteiger partial charge on any atom is 0.318 e. The van der Waals surface area contributed by atoms with Crippen molar-refractivity contribution in [2.45, 2.75) is 23.6 Å². The number of ether oxygens (including phenoxy) is 3. The van der Waals surface area contributed by atoms with Gasteiger partial charge in [-0.3, -0.25) is 14.4 Å². The molecular weight excluding hydrogens is 536 g/mol. The molecule has 39 heavy (non-hydrogen) atoms. The molecule has 2 amide bonds. The summed E-state index contributed by atoms with van der Waals surface area (Å²) in [5, 5.41) is 4.24. The normalized spacial score (nSPS) is 24.1. The molecule has 8 nitrogen and oxygen atoms in total. The second-order valence-electron chi connectivity index (χ2n) is 9.66. The van der Waals surface area contributed by atoms with E-state index in [1.165, 1.54) is 37.3 Å². The summed E-state index contributed by atoms with van der Waals surface area (Å²) in [6.07, 6.45) is -0.452. The first kappa shape index (κ1) is 27.4. The highest BCUT2D eigenvalue weighted by atomic mass is 32.2. The van der Waals surface area contributed by atoms with Crippen LogP contribution in [0.3, 0.4) is 0 Å². The fraction of sp³-hybridized carbons (Fsp3) is 0.345. The van der Waals surface area contributed by atoms with Crippen molar-refractivity contribution in [2.75, 3.05) is 33.1 Å². The van der Waals surface area contributed by atoms with Gasteiger partial charge in [0.05, 0.1) is 13.0 Å². The maximum absolute atomic E-state index is 13.9. The van der Waals surface area contributed by atoms with Gasteiger partial charge in [0.15, 0.2) is 6.10 Å². The molecule has 0 bridgehead atoms. The first-order valence-corrected chi connectivity index (χ1v) is 14.5. The van der Waals surface area contributed by atoms with Crippen molar-refractivity contribution in [3.8, 4) is 0 Å². The number of methoxy groups -OCH3 is 2. The van der Waals surface area contributed by atoms with Crippen molar-refractivity contribution in [1.29, 1.82) is 0 Å². The van der Waals surface area contributed by atoms with Crippen LogP contribution in [0, 0.1) is 5.41 Å². The maximum atomic E-state index is 13.9. The molecule has 3 heterocycles. The number of carbonyl (C=O) groups is 3. The highest BCUT2D eigenvalue weighted by Crippen LogP contribution is 2.48. The molecule has 0 radical (unpaired) electrons. The fourth-order valence-electron chi connectivity index (χ4n) is 5.09. The van der Waals surface area contributed by atoms with Gasteiger partial charge in [0, 0.05) is 31.4 Å². The zero-order valence-corrected chi connectivity index (χ0v) is 23.3. The monoisotopic (exact) mass is 566 g/mol. The van der Waals surface area contributed by atoms with Gasteiger partial charge in [0.2, 0.25) is 5.91 Å². The van der Waals surface area contributed by atoms with Crippen LogP contribution in [0.2, 0.25) is 0 Å². The van der Waals surface area contributed by atoms with E-state index in [0.29, 0.717) is 5.75 Å². The summed E-state index contributed by atoms with van der Waals surface area (Å²) in [5.74, 6) is -0.805. The minimum atomic E-state index is -1.47. The molecule has 3 aromatic rings. The minimum Gasteiger partial charge on any atom is -0.452 e. The lowest BCUT2D eigenvalue weighted by atomic mass is 9.86. The Bertz CT molecular complexity index is 1270. The average Bonchev–Trinajstić information content (AvgIpc) is 3.48. The number of β-lactam (4-membered cyclic amide) rings is 1. The number of amides is 2. The Morgan fingerprint density at radius 1 is 1.03 bits per heavy atom. The topological polar surface area (TPSA) is 94.2 Å². The summed E-state index contributed by atoms with van der Waals surface area (Å²) in [7, 11) is 2.94. The van der Waals surface area contributed by atoms with Crippen molar-refractivity contribution in [3.63, 3.8) is 0 Å². The fourth-order valence-corrected chi connectivity index (χ4v) is 7.40. The molecule has 10 heteroatoms. The quantitative estimate of drug-likeness (QED) is 0.228. The summed E-state index contributed by atoms with van der Waals surface area (Å²) in [4.78, 5) is 42.6. The van der Waals surface area contributed by atoms with Gasteiger partial charge in [0.1, 0.15) is 10.8 Å². The van der Waals surface area contributed by atoms with Crippen LogP contribution in [-0.4, -0.2) is 66.9 Å². The van der Waals surface area contributed by atoms with Gasteiger partial charge < -0.3 is 24.4 Å². The lowest BCUT2D eigenvalue weighted by Crippen LogP contribution is -2.82. The molecule has 0 aliphatic carbocycles. The third-order valence-corrected chi connectivity index (χ3v) is 9.54. The van der Waals surface area contributed by atoms with E-state index in [0.717, 1.165) is 16.0 Å². The molecular formula is C29H30N2O6S2. The summed E-state index contributed by atoms with van der Waals surface area (Å²) >= 11 is 2.86. The Labute approximate surface area is 235 Å². The van der Waals surface area contributed by atoms with Crippen LogP contribution in [0.1, 0.15) is 22.1 Å². The van der Waals surface area contributed by atoms with Crippen LogP contribution in [0.4, 0.5) is 0 Å². The molecule has 0 saturated carbocycles. The molecule has 2 aliphatic rings. The van der Waals surface area contributed by atoms with Gasteiger partial charge in [-0.25, -0.2) is 0 Å². The standard InChI is InChI=1S/C29H30N2O6S2/c1-35-18-28(27(34)37-24(20-10-5-3-6-11-20)21-12-7-4-8-13-21)17-31-25(33)29(36-2,26(31)39-19-28)30-23(32)16-22-14-9-15-38-22/h3-15,24,26H,16-19H2,1-2H3,(H,30,32)/t26-,28?,29?/m1/s1. The van der Waals surface area contributed by atoms with Crippen LogP contribution in [0.25, 0.3) is 0 Å². The van der Waals surface area contributed by atoms with Crippen molar-refractivity contribution in [2.24, 2.45) is 5.41 Å². The molecule has 0 spiro atoms. The number of hydrogen-bond acceptors (Lipinski definition) is 8. The van der Waals surface area contributed by atoms with E-state index in [4.69, 9.17) is 14.2 Å². The Balaban J connectivity index is 1.34. The number of nitrogens with one attached hydrogen (secondary N) is 1. The van der Waals surface area contributed by atoms with Crippen LogP contribution in [0.15, 0.2) is 78.2 Å². The van der Waals surface area contributed by atoms with Gasteiger partial charge in [-0.05, 0) is 22.6 Å². The largest absolute Gasteiger partial charge is 0.452 e. The number of carbonyl (C=O) groups excluding carboxylic acids is 3. The molecule has 5 rings (SSSR count). The predicted octanol–water partition coefficient (Wildman–Crippen LogP) is 3.63. The zero-order chi connectivity index (χ0) is 27.5. The number of hydrogen-bond donors (Lipinski definition) is 1. The van der Waals surface area contributed by atoms with Gasteiger partial charge in [-0.1, -0.05) is 66.7 Å². The van der Waals surface area contributed by atoms with E-state index in [9.17, 15) is 14.4 Å². The molecule has 2 saturated heterocycles. The SMILES string of the molecule is COCC1(C(=O)OC(c2ccccc2)c2ccccc2)CS[C@H]2N(C1)C(=O)C2(NC(=O)Cc1cccs1)OC. The Morgan fingerprint density at radius 2 is 1.69 bits per heavy atom. The van der Waals surface area contributed by atoms with Crippen molar-refractivity contribution in [1.82, 2.24) is 10.2 Å². The first-order chi connectivity index (χ1) is 18.9. The highest BCUT2D eigenvalue weighted by Gasteiger charge is 2.67. The molecule has 3 atom stereocenters. The van der Waals surface area contributed by atoms with Crippen LogP contribution < -0.4 is 5.32 Å². The molecule has 2 aliphatic heterocycles. The minimum absolute atomic E-state index is 0.0797. The van der Waals surface area contributed by atoms with Crippen molar-refractivity contribution >= 4 is 40.9 Å². The van der Waals surface area contributed by atoms with Crippen molar-refractivity contribution < 1.29 is 28.6 Å². The summed E-state index contributed by atoms with van der Waals surface area (Å²) in [5.41, 5.74) is -0.872. The number of nitrogens with zero attached hydrogens (tertiary/aromatic N) is 1. The third-order valence-electron chi connectivity index (χ3n) is 7.05. The van der Waals surface area contributed by atoms with Crippen molar-refractivity contribution in [3.05, 3.63) is 94.2 Å². The van der Waals surface area contributed by atoms with E-state index in [2.05, 4.69) is 5.32 Å². The number of rotatable bonds is 10. The lowest BCUT2D eigenvalue weighted by Gasteiger charge is -2.59. The lowest BCUT2D eigenvalue weighted by molar-refractivity contribution is -0.203. The second-order valence-corrected chi connectivity index (χ2v) is 11.8. The van der Waals surface area contributed by atoms with Gasteiger partial charge in [0.25, 0.3) is 11.6 Å². The van der Waals surface area contributed by atoms with Gasteiger partial charge >= 0.3 is 5.97 Å². The van der Waals surface area contributed by atoms with Crippen LogP contribution in [0.5, 0.6) is 0 Å². The molecule has 1 aromatic heterocycles. The summed E-state index contributed by atoms with van der Waals surface area (Å²) in [6, 6.07) is 22.9. The predicted molar refractivity (Wildman–Crippen MR) is 149 cm³/mol. The van der Waals surface area contributed by atoms with E-state index in [-0.39, 0.29) is 25.5 Å². The zero-order valence-electron chi connectivity index (χ0n) is 21.7. The molecule has 204 valence electrons. The summed E-state index contributed by atoms with van der Waals surface area (Å²) < 4.78 is 17.3. The first-order valence-electron chi connectivity index (χ1n) is 12.5. The van der Waals surface area contributed by atoms with Gasteiger partial charge in [-0.2, -0.15) is 0 Å². The number of fused-ring (bicyclic) bond motifs is 1. The molecule has 1 N–H and O–H groups in total. The Hall–Kier alpha value is -3.18. The number of thiophene rings is 1. The Kier molecular flexibility index (Phi) is 8.08. The number of benzene rings is 2. The average molecular weight is 567 g/mol. The smallest absolute Gasteiger partial charge is 0.318 e. The van der Waals surface area contributed by atoms with E-state index < -0.39 is 34.5 Å². The van der Waals surface area contributed by atoms with E-state index in [1.807, 2.05) is 78.2 Å². The molecule has 2 aromatic carbocycles. The van der Waals surface area contributed by atoms with Crippen LogP contribution >= 0.6 is 23.1 Å². The van der Waals surface area contributed by atoms with E-state index >= 15 is 0 Å². The number of esters is 1. The third kappa shape index (κ3) is 5.21. The molecule has 2 fully saturated rings. The Morgan fingerprint density at radius 3 is 2.26 bits per heavy atom. The van der Waals surface area contributed by atoms with E-state index in [1.54, 1.807) is 4.90 Å². The summed E-state index contributed by atoms with van der Waals surface area (Å²) in [6.45, 7) is 0.175. The van der Waals surface area contributed by atoms with Gasteiger partial charge in [-0.15, -0.1) is 23.1 Å².